The van der Waals surface area contributed by atoms with Crippen LogP contribution in [0.2, 0.25) is 5.02 Å². The average Bonchev–Trinajstić information content (AvgIpc) is 2.60. The van der Waals surface area contributed by atoms with Gasteiger partial charge in [-0.3, -0.25) is 14.9 Å². The van der Waals surface area contributed by atoms with Crippen molar-refractivity contribution in [3.63, 3.8) is 0 Å². The van der Waals surface area contributed by atoms with Crippen molar-refractivity contribution in [3.8, 4) is 0 Å². The third-order valence-corrected chi connectivity index (χ3v) is 4.50. The van der Waals surface area contributed by atoms with Crippen molar-refractivity contribution in [2.75, 3.05) is 12.3 Å². The summed E-state index contributed by atoms with van der Waals surface area (Å²) in [4.78, 5) is 21.9. The first-order valence-electron chi connectivity index (χ1n) is 7.57. The summed E-state index contributed by atoms with van der Waals surface area (Å²) in [6.45, 7) is 0.564. The van der Waals surface area contributed by atoms with Crippen LogP contribution in [-0.4, -0.2) is 23.1 Å². The maximum absolute atomic E-state index is 11.7. The predicted molar refractivity (Wildman–Crippen MR) is 103 cm³/mol. The largest absolute Gasteiger partial charge is 0.352 e. The zero-order valence-electron chi connectivity index (χ0n) is 13.4. The first-order chi connectivity index (χ1) is 12.0. The third-order valence-electron chi connectivity index (χ3n) is 3.23. The Kier molecular flexibility index (Phi) is 7.50. The van der Waals surface area contributed by atoms with Crippen LogP contribution in [0.15, 0.2) is 54.6 Å². The van der Waals surface area contributed by atoms with Gasteiger partial charge in [-0.05, 0) is 41.5 Å². The average molecular weight is 377 g/mol. The number of halogens is 1. The Morgan fingerprint density at radius 2 is 2.00 bits per heavy atom. The van der Waals surface area contributed by atoms with Crippen LogP contribution in [-0.2, 0) is 10.5 Å². The van der Waals surface area contributed by atoms with Gasteiger partial charge in [0.05, 0.1) is 4.92 Å². The topological polar surface area (TPSA) is 72.2 Å². The number of carbonyl (C=O) groups is 1. The van der Waals surface area contributed by atoms with E-state index in [1.54, 1.807) is 30.0 Å². The zero-order chi connectivity index (χ0) is 18.1. The van der Waals surface area contributed by atoms with Crippen molar-refractivity contribution in [2.24, 2.45) is 0 Å². The van der Waals surface area contributed by atoms with Crippen LogP contribution in [0.4, 0.5) is 5.69 Å². The highest BCUT2D eigenvalue weighted by atomic mass is 35.5. The van der Waals surface area contributed by atoms with Gasteiger partial charge in [0.15, 0.2) is 0 Å². The second-order valence-corrected chi connectivity index (χ2v) is 6.70. The minimum absolute atomic E-state index is 0.0262. The quantitative estimate of drug-likeness (QED) is 0.322. The molecule has 7 heteroatoms. The number of hydrogen-bond donors (Lipinski definition) is 1. The number of carbonyl (C=O) groups excluding carboxylic acids is 1. The highest BCUT2D eigenvalue weighted by Crippen LogP contribution is 2.16. The van der Waals surface area contributed by atoms with Gasteiger partial charge in [0.2, 0.25) is 5.91 Å². The van der Waals surface area contributed by atoms with E-state index in [9.17, 15) is 14.9 Å². The molecule has 0 heterocycles. The molecular formula is C18H17ClN2O3S. The second-order valence-electron chi connectivity index (χ2n) is 5.16. The number of non-ortho nitro benzene ring substituents is 1. The van der Waals surface area contributed by atoms with Gasteiger partial charge in [-0.2, -0.15) is 11.8 Å². The van der Waals surface area contributed by atoms with Gasteiger partial charge < -0.3 is 5.32 Å². The fraction of sp³-hybridized carbons (Fsp3) is 0.167. The van der Waals surface area contributed by atoms with Crippen LogP contribution in [0, 0.1) is 10.1 Å². The number of hydrogen-bond acceptors (Lipinski definition) is 4. The standard InChI is InChI=1S/C18H17ClN2O3S/c19-16-3-1-2-15(12-16)13-25-11-10-20-18(22)9-6-14-4-7-17(8-5-14)21(23)24/h1-9,12H,10-11,13H2,(H,20,22)/b9-6+. The van der Waals surface area contributed by atoms with Crippen molar-refractivity contribution in [2.45, 2.75) is 5.75 Å². The molecule has 0 spiro atoms. The van der Waals surface area contributed by atoms with Crippen LogP contribution in [0.25, 0.3) is 6.08 Å². The molecule has 0 aromatic heterocycles. The maximum Gasteiger partial charge on any atom is 0.269 e. The Hall–Kier alpha value is -2.31. The van der Waals surface area contributed by atoms with Gasteiger partial charge >= 0.3 is 0 Å². The van der Waals surface area contributed by atoms with Crippen LogP contribution >= 0.6 is 23.4 Å². The summed E-state index contributed by atoms with van der Waals surface area (Å²) in [5.41, 5.74) is 1.91. The van der Waals surface area contributed by atoms with Crippen LogP contribution in [0.5, 0.6) is 0 Å². The van der Waals surface area contributed by atoms with Crippen molar-refractivity contribution >= 4 is 41.0 Å². The highest BCUT2D eigenvalue weighted by molar-refractivity contribution is 7.98. The Morgan fingerprint density at radius 1 is 1.24 bits per heavy atom. The molecule has 0 fully saturated rings. The van der Waals surface area contributed by atoms with Gasteiger partial charge in [0, 0.05) is 41.3 Å². The molecule has 0 bridgehead atoms. The molecule has 25 heavy (non-hydrogen) atoms. The number of nitrogens with one attached hydrogen (secondary N) is 1. The Labute approximate surface area is 155 Å². The minimum Gasteiger partial charge on any atom is -0.352 e. The summed E-state index contributed by atoms with van der Waals surface area (Å²) >= 11 is 7.64. The Morgan fingerprint density at radius 3 is 2.68 bits per heavy atom. The molecule has 2 rings (SSSR count). The van der Waals surface area contributed by atoms with Crippen molar-refractivity contribution < 1.29 is 9.72 Å². The lowest BCUT2D eigenvalue weighted by molar-refractivity contribution is -0.384. The zero-order valence-corrected chi connectivity index (χ0v) is 14.9. The molecule has 130 valence electrons. The van der Waals surface area contributed by atoms with Crippen molar-refractivity contribution in [1.29, 1.82) is 0 Å². The lowest BCUT2D eigenvalue weighted by atomic mass is 10.2. The fourth-order valence-electron chi connectivity index (χ4n) is 2.00. The molecule has 0 atom stereocenters. The lowest BCUT2D eigenvalue weighted by Gasteiger charge is -2.03. The van der Waals surface area contributed by atoms with E-state index in [0.29, 0.717) is 6.54 Å². The maximum atomic E-state index is 11.7. The molecule has 0 radical (unpaired) electrons. The van der Waals surface area contributed by atoms with Crippen molar-refractivity contribution in [1.82, 2.24) is 5.32 Å². The molecule has 2 aromatic rings. The van der Waals surface area contributed by atoms with Crippen LogP contribution < -0.4 is 5.32 Å². The van der Waals surface area contributed by atoms with E-state index < -0.39 is 4.92 Å². The fourth-order valence-corrected chi connectivity index (χ4v) is 3.02. The van der Waals surface area contributed by atoms with Crippen LogP contribution in [0.1, 0.15) is 11.1 Å². The van der Waals surface area contributed by atoms with E-state index in [0.717, 1.165) is 27.7 Å². The highest BCUT2D eigenvalue weighted by Gasteiger charge is 2.02. The van der Waals surface area contributed by atoms with Crippen LogP contribution in [0.3, 0.4) is 0 Å². The van der Waals surface area contributed by atoms with E-state index in [4.69, 9.17) is 11.6 Å². The third kappa shape index (κ3) is 6.99. The summed E-state index contributed by atoms with van der Waals surface area (Å²) in [5.74, 6) is 1.44. The molecule has 1 N–H and O–H groups in total. The number of rotatable bonds is 8. The van der Waals surface area contributed by atoms with E-state index >= 15 is 0 Å². The summed E-state index contributed by atoms with van der Waals surface area (Å²) in [7, 11) is 0. The Bertz CT molecular complexity index is 763. The van der Waals surface area contributed by atoms with Gasteiger partial charge in [-0.15, -0.1) is 0 Å². The molecule has 0 aliphatic heterocycles. The molecule has 0 saturated carbocycles. The number of nitro groups is 1. The lowest BCUT2D eigenvalue weighted by Crippen LogP contribution is -2.23. The number of nitrogens with zero attached hydrogens (tertiary/aromatic N) is 1. The Balaban J connectivity index is 1.67. The molecule has 5 nitrogen and oxygen atoms in total. The van der Waals surface area contributed by atoms with Gasteiger partial charge in [0.25, 0.3) is 5.69 Å². The summed E-state index contributed by atoms with van der Waals surface area (Å²) in [6, 6.07) is 13.7. The molecule has 0 saturated heterocycles. The normalized spacial score (nSPS) is 10.8. The van der Waals surface area contributed by atoms with Gasteiger partial charge in [0.1, 0.15) is 0 Å². The van der Waals surface area contributed by atoms with Crippen molar-refractivity contribution in [3.05, 3.63) is 80.9 Å². The SMILES string of the molecule is O=C(/C=C/c1ccc([N+](=O)[O-])cc1)NCCSCc1cccc(Cl)c1. The summed E-state index contributed by atoms with van der Waals surface area (Å²) in [5, 5.41) is 14.1. The molecule has 0 aliphatic carbocycles. The first-order valence-corrected chi connectivity index (χ1v) is 9.10. The molecule has 1 amide bonds. The smallest absolute Gasteiger partial charge is 0.269 e. The molecule has 0 aliphatic rings. The van der Waals surface area contributed by atoms with E-state index in [-0.39, 0.29) is 11.6 Å². The molecule has 2 aromatic carbocycles. The van der Waals surface area contributed by atoms with E-state index in [1.807, 2.05) is 24.3 Å². The summed E-state index contributed by atoms with van der Waals surface area (Å²) < 4.78 is 0. The minimum atomic E-state index is -0.457. The second kappa shape index (κ2) is 9.86. The van der Waals surface area contributed by atoms with Gasteiger partial charge in [-0.25, -0.2) is 0 Å². The molecular weight excluding hydrogens is 360 g/mol. The van der Waals surface area contributed by atoms with E-state index in [2.05, 4.69) is 5.32 Å². The van der Waals surface area contributed by atoms with E-state index in [1.165, 1.54) is 18.2 Å². The first kappa shape index (κ1) is 19.0. The predicted octanol–water partition coefficient (Wildman–Crippen LogP) is 4.31. The summed E-state index contributed by atoms with van der Waals surface area (Å²) in [6.07, 6.45) is 3.04. The number of amides is 1. The number of benzene rings is 2. The molecule has 0 unspecified atom stereocenters. The number of nitro benzene ring substituents is 1. The monoisotopic (exact) mass is 376 g/mol. The number of thioether (sulfide) groups is 1. The van der Waals surface area contributed by atoms with Gasteiger partial charge in [-0.1, -0.05) is 23.7 Å².